The molecule has 4 heteroatoms. The minimum Gasteiger partial charge on any atom is -0.477 e. The zero-order chi connectivity index (χ0) is 34.2. The van der Waals surface area contributed by atoms with Crippen LogP contribution in [-0.4, -0.2) is 15.2 Å². The molecule has 246 valence electrons. The van der Waals surface area contributed by atoms with Gasteiger partial charge in [-0.05, 0) is 82.9 Å². The van der Waals surface area contributed by atoms with Crippen molar-refractivity contribution in [2.75, 3.05) is 0 Å². The van der Waals surface area contributed by atoms with Crippen molar-refractivity contribution in [3.8, 4) is 45.1 Å². The fourth-order valence-electron chi connectivity index (χ4n) is 8.34. The Balaban J connectivity index is 1.02. The first-order valence-electron chi connectivity index (χ1n) is 17.8. The van der Waals surface area contributed by atoms with Gasteiger partial charge in [0.05, 0.1) is 27.6 Å². The normalized spacial score (nSPS) is 15.9. The van der Waals surface area contributed by atoms with Gasteiger partial charge in [-0.3, -0.25) is 0 Å². The summed E-state index contributed by atoms with van der Waals surface area (Å²) in [5.41, 5.74) is 12.7. The third-order valence-electron chi connectivity index (χ3n) is 10.7. The Morgan fingerprint density at radius 2 is 0.962 bits per heavy atom. The van der Waals surface area contributed by atoms with E-state index < -0.39 is 0 Å². The molecule has 7 aromatic carbocycles. The van der Waals surface area contributed by atoms with E-state index in [0.29, 0.717) is 0 Å². The summed E-state index contributed by atoms with van der Waals surface area (Å²) < 4.78 is 18.8. The Hall–Kier alpha value is -6.78. The Morgan fingerprint density at radius 3 is 1.62 bits per heavy atom. The third kappa shape index (κ3) is 4.34. The molecule has 0 N–H and O–H groups in total. The number of nitrogens with zero attached hydrogens (tertiary/aromatic N) is 2. The quantitative estimate of drug-likeness (QED) is 0.187. The van der Waals surface area contributed by atoms with Crippen molar-refractivity contribution in [2.24, 2.45) is 0 Å². The molecule has 0 radical (unpaired) electrons. The molecule has 4 nitrogen and oxygen atoms in total. The maximum atomic E-state index is 7.03. The molecule has 0 bridgehead atoms. The van der Waals surface area contributed by atoms with E-state index in [4.69, 9.17) is 9.47 Å². The number of fused-ring (bicyclic) bond motifs is 10. The zero-order valence-corrected chi connectivity index (χ0v) is 28.2. The summed E-state index contributed by atoms with van der Waals surface area (Å²) in [5, 5.41) is 3.38. The van der Waals surface area contributed by atoms with Crippen LogP contribution in [0.15, 0.2) is 176 Å². The lowest BCUT2D eigenvalue weighted by molar-refractivity contribution is 0.0485. The lowest BCUT2D eigenvalue weighted by atomic mass is 9.94. The summed E-state index contributed by atoms with van der Waals surface area (Å²) in [6.45, 7) is 0. The maximum Gasteiger partial charge on any atom is 0.172 e. The van der Waals surface area contributed by atoms with Crippen LogP contribution in [0.3, 0.4) is 0 Å². The number of para-hydroxylation sites is 2. The summed E-state index contributed by atoms with van der Waals surface area (Å²) in [4.78, 5) is 0. The highest BCUT2D eigenvalue weighted by Gasteiger charge is 2.39. The van der Waals surface area contributed by atoms with Crippen LogP contribution in [0.4, 0.5) is 0 Å². The number of hydrogen-bond acceptors (Lipinski definition) is 2. The molecule has 2 aliphatic rings. The van der Waals surface area contributed by atoms with E-state index in [1.165, 1.54) is 27.6 Å². The predicted octanol–water partition coefficient (Wildman–Crippen LogP) is 12.0. The van der Waals surface area contributed by atoms with Gasteiger partial charge in [0.2, 0.25) is 0 Å². The van der Waals surface area contributed by atoms with Gasteiger partial charge in [0.25, 0.3) is 0 Å². The maximum absolute atomic E-state index is 7.03. The highest BCUT2D eigenvalue weighted by atomic mass is 16.6. The second-order valence-electron chi connectivity index (χ2n) is 13.6. The fraction of sp³-hybridized carbons (Fsp3) is 0.0417. The van der Waals surface area contributed by atoms with Crippen LogP contribution in [0.1, 0.15) is 17.4 Å². The van der Waals surface area contributed by atoms with E-state index in [-0.39, 0.29) is 12.2 Å². The van der Waals surface area contributed by atoms with Gasteiger partial charge in [0.1, 0.15) is 0 Å². The van der Waals surface area contributed by atoms with E-state index >= 15 is 0 Å². The Bertz CT molecular complexity index is 2830. The fourth-order valence-corrected chi connectivity index (χ4v) is 8.34. The van der Waals surface area contributed by atoms with E-state index in [9.17, 15) is 0 Å². The van der Waals surface area contributed by atoms with Gasteiger partial charge in [-0.1, -0.05) is 121 Å². The van der Waals surface area contributed by atoms with Crippen LogP contribution in [0.5, 0.6) is 11.5 Å². The third-order valence-corrected chi connectivity index (χ3v) is 10.7. The lowest BCUT2D eigenvalue weighted by Crippen LogP contribution is -2.33. The van der Waals surface area contributed by atoms with Crippen LogP contribution < -0.4 is 9.47 Å². The van der Waals surface area contributed by atoms with E-state index in [0.717, 1.165) is 61.5 Å². The van der Waals surface area contributed by atoms with Crippen molar-refractivity contribution in [3.05, 3.63) is 187 Å². The summed E-state index contributed by atoms with van der Waals surface area (Å²) in [7, 11) is 0. The van der Waals surface area contributed by atoms with Crippen molar-refractivity contribution >= 4 is 38.8 Å². The summed E-state index contributed by atoms with van der Waals surface area (Å²) >= 11 is 0. The second-order valence-corrected chi connectivity index (χ2v) is 13.6. The average Bonchev–Trinajstić information content (AvgIpc) is 3.74. The van der Waals surface area contributed by atoms with Crippen molar-refractivity contribution in [1.29, 1.82) is 0 Å². The van der Waals surface area contributed by atoms with Gasteiger partial charge >= 0.3 is 0 Å². The summed E-state index contributed by atoms with van der Waals surface area (Å²) in [6, 6.07) is 60.2. The van der Waals surface area contributed by atoms with Crippen molar-refractivity contribution in [1.82, 2.24) is 9.13 Å². The minimum absolute atomic E-state index is 0.280. The van der Waals surface area contributed by atoms with Gasteiger partial charge < -0.3 is 18.6 Å². The lowest BCUT2D eigenvalue weighted by Gasteiger charge is -2.35. The van der Waals surface area contributed by atoms with Gasteiger partial charge in [0, 0.05) is 27.7 Å². The number of aromatic nitrogens is 2. The van der Waals surface area contributed by atoms with Gasteiger partial charge in [-0.15, -0.1) is 0 Å². The first-order valence-corrected chi connectivity index (χ1v) is 17.8. The first-order chi connectivity index (χ1) is 25.8. The monoisotopic (exact) mass is 668 g/mol. The standard InChI is InChI=1S/C48H32N2O2/c1-3-11-31(12-4-1)33-19-23-35(24-20-33)49-39-17-9-7-15-37(39)45-41(49)27-29-43-47(45)51-44-30-28-42-46(48(44)52-43)38-16-8-10-18-40(38)50(42)36-25-21-34(22-26-36)32-13-5-2-6-14-32/h1-30,43,47H. The Morgan fingerprint density at radius 1 is 0.423 bits per heavy atom. The van der Waals surface area contributed by atoms with Crippen molar-refractivity contribution in [3.63, 3.8) is 0 Å². The zero-order valence-electron chi connectivity index (χ0n) is 28.2. The van der Waals surface area contributed by atoms with Crippen LogP contribution >= 0.6 is 0 Å². The molecule has 2 aromatic heterocycles. The van der Waals surface area contributed by atoms with E-state index in [2.05, 4.69) is 191 Å². The summed E-state index contributed by atoms with van der Waals surface area (Å²) in [5.74, 6) is 1.56. The van der Waals surface area contributed by atoms with E-state index in [1.807, 2.05) is 0 Å². The molecule has 2 unspecified atom stereocenters. The van der Waals surface area contributed by atoms with Crippen LogP contribution in [0.25, 0.3) is 72.4 Å². The Labute approximate surface area is 301 Å². The molecule has 0 spiro atoms. The smallest absolute Gasteiger partial charge is 0.172 e. The Kier molecular flexibility index (Phi) is 6.34. The highest BCUT2D eigenvalue weighted by Crippen LogP contribution is 2.51. The molecular formula is C48H32N2O2. The van der Waals surface area contributed by atoms with E-state index in [1.54, 1.807) is 0 Å². The van der Waals surface area contributed by atoms with Gasteiger partial charge in [0.15, 0.2) is 23.7 Å². The molecule has 52 heavy (non-hydrogen) atoms. The minimum atomic E-state index is -0.293. The number of rotatable bonds is 4. The first kappa shape index (κ1) is 29.0. The summed E-state index contributed by atoms with van der Waals surface area (Å²) in [6.07, 6.45) is 3.81. The van der Waals surface area contributed by atoms with Gasteiger partial charge in [-0.25, -0.2) is 0 Å². The molecule has 0 amide bonds. The SMILES string of the molecule is C1=CC2Oc3c(ccc4c3c3ccccc3n4-c3ccc(-c4ccccc4)cc3)OC2c2c1n(-c1ccc(-c3ccccc3)cc1)c1ccccc21. The van der Waals surface area contributed by atoms with Crippen molar-refractivity contribution < 1.29 is 9.47 Å². The molecule has 1 aliphatic carbocycles. The highest BCUT2D eigenvalue weighted by molar-refractivity contribution is 6.13. The van der Waals surface area contributed by atoms with Crippen LogP contribution in [0, 0.1) is 0 Å². The molecule has 2 atom stereocenters. The molecule has 11 rings (SSSR count). The van der Waals surface area contributed by atoms with Crippen molar-refractivity contribution in [2.45, 2.75) is 12.2 Å². The topological polar surface area (TPSA) is 28.3 Å². The second kappa shape index (κ2) is 11.4. The molecule has 0 saturated carbocycles. The predicted molar refractivity (Wildman–Crippen MR) is 212 cm³/mol. The number of ether oxygens (including phenoxy) is 2. The molecule has 9 aromatic rings. The number of benzene rings is 7. The molecule has 0 fully saturated rings. The molecule has 1 aliphatic heterocycles. The molecule has 3 heterocycles. The van der Waals surface area contributed by atoms with Crippen LogP contribution in [0.2, 0.25) is 0 Å². The number of hydrogen-bond donors (Lipinski definition) is 0. The van der Waals surface area contributed by atoms with Crippen LogP contribution in [-0.2, 0) is 0 Å². The largest absolute Gasteiger partial charge is 0.477 e. The molecule has 0 saturated heterocycles. The van der Waals surface area contributed by atoms with Gasteiger partial charge in [-0.2, -0.15) is 0 Å². The molecular weight excluding hydrogens is 637 g/mol. The average molecular weight is 669 g/mol.